The van der Waals surface area contributed by atoms with Gasteiger partial charge in [0.25, 0.3) is 0 Å². The molecule has 0 spiro atoms. The van der Waals surface area contributed by atoms with Gasteiger partial charge in [0.05, 0.1) is 0 Å². The summed E-state index contributed by atoms with van der Waals surface area (Å²) in [7, 11) is -3.49. The highest BCUT2D eigenvalue weighted by atomic mass is 28.4. The molecule has 0 aliphatic heterocycles. The molecule has 5 nitrogen and oxygen atoms in total. The van der Waals surface area contributed by atoms with E-state index in [2.05, 4.69) is 39.7 Å². The van der Waals surface area contributed by atoms with Crippen molar-refractivity contribution in [2.24, 2.45) is 5.92 Å². The fourth-order valence-electron chi connectivity index (χ4n) is 3.53. The minimum absolute atomic E-state index is 0.0789. The smallest absolute Gasteiger partial charge is 0.332 e. The lowest BCUT2D eigenvalue weighted by Crippen LogP contribution is -2.42. The Morgan fingerprint density at radius 3 is 1.89 bits per heavy atom. The van der Waals surface area contributed by atoms with Crippen molar-refractivity contribution in [1.29, 1.82) is 0 Å². The molecule has 7 heteroatoms. The van der Waals surface area contributed by atoms with E-state index in [1.54, 1.807) is 0 Å². The van der Waals surface area contributed by atoms with E-state index in [1.807, 2.05) is 6.92 Å². The Labute approximate surface area is 167 Å². The first-order valence-corrected chi connectivity index (χ1v) is 16.7. The Balaban J connectivity index is 5.25. The minimum Gasteiger partial charge on any atom is -0.478 e. The highest BCUT2D eigenvalue weighted by molar-refractivity contribution is 6.84. The van der Waals surface area contributed by atoms with Gasteiger partial charge < -0.3 is 14.3 Å². The Bertz CT molecular complexity index is 521. The van der Waals surface area contributed by atoms with Crippen LogP contribution in [-0.4, -0.2) is 38.8 Å². The third kappa shape index (κ3) is 11.5. The zero-order chi connectivity index (χ0) is 21.3. The summed E-state index contributed by atoms with van der Waals surface area (Å²) in [4.78, 5) is 23.6. The minimum atomic E-state index is -1.86. The van der Waals surface area contributed by atoms with E-state index in [0.29, 0.717) is 19.3 Å². The largest absolute Gasteiger partial charge is 0.478 e. The van der Waals surface area contributed by atoms with Crippen LogP contribution in [0.4, 0.5) is 0 Å². The zero-order valence-electron chi connectivity index (χ0n) is 18.4. The van der Waals surface area contributed by atoms with E-state index in [4.69, 9.17) is 4.12 Å². The Morgan fingerprint density at radius 1 is 0.926 bits per heavy atom. The van der Waals surface area contributed by atoms with Gasteiger partial charge in [0.2, 0.25) is 0 Å². The van der Waals surface area contributed by atoms with E-state index in [-0.39, 0.29) is 17.1 Å². The number of aliphatic carboxylic acids is 2. The van der Waals surface area contributed by atoms with Crippen molar-refractivity contribution in [3.63, 3.8) is 0 Å². The summed E-state index contributed by atoms with van der Waals surface area (Å²) in [6.07, 6.45) is 5.22. The molecule has 1 atom stereocenters. The van der Waals surface area contributed by atoms with E-state index in [1.165, 1.54) is 0 Å². The maximum absolute atomic E-state index is 11.8. The maximum atomic E-state index is 11.8. The summed E-state index contributed by atoms with van der Waals surface area (Å²) in [5.41, 5.74) is 0.172. The Kier molecular flexibility index (Phi) is 11.4. The van der Waals surface area contributed by atoms with Crippen LogP contribution < -0.4 is 0 Å². The highest BCUT2D eigenvalue weighted by Gasteiger charge is 2.30. The number of unbranched alkanes of at least 4 members (excludes halogenated alkanes) is 1. The Morgan fingerprint density at radius 2 is 1.48 bits per heavy atom. The van der Waals surface area contributed by atoms with Crippen molar-refractivity contribution in [3.05, 3.63) is 11.1 Å². The first-order valence-electron chi connectivity index (χ1n) is 10.2. The first-order chi connectivity index (χ1) is 12.3. The lowest BCUT2D eigenvalue weighted by Gasteiger charge is -2.31. The van der Waals surface area contributed by atoms with Gasteiger partial charge in [0.1, 0.15) is 0 Å². The second-order valence-corrected chi connectivity index (χ2v) is 18.1. The molecule has 1 unspecified atom stereocenters. The standard InChI is InChI=1S/C20H40O5Si2/c1-8-10-12-16(9-2)15-18(20(23)24)17(19(21)22)13-11-14-27(6,7)25-26(3,4)5/h16H,8-15H2,1-7H3,(H,21,22)(H,23,24). The van der Waals surface area contributed by atoms with Crippen molar-refractivity contribution >= 4 is 28.6 Å². The average Bonchev–Trinajstić information content (AvgIpc) is 2.49. The van der Waals surface area contributed by atoms with Crippen molar-refractivity contribution in [1.82, 2.24) is 0 Å². The molecule has 0 heterocycles. The van der Waals surface area contributed by atoms with Crippen LogP contribution in [0.5, 0.6) is 0 Å². The van der Waals surface area contributed by atoms with Gasteiger partial charge in [-0.2, -0.15) is 0 Å². The number of rotatable bonds is 14. The molecule has 0 bridgehead atoms. The van der Waals surface area contributed by atoms with Crippen LogP contribution in [0, 0.1) is 5.92 Å². The van der Waals surface area contributed by atoms with Gasteiger partial charge in [-0.25, -0.2) is 9.59 Å². The van der Waals surface area contributed by atoms with Crippen LogP contribution in [0.1, 0.15) is 58.8 Å². The fraction of sp³-hybridized carbons (Fsp3) is 0.800. The van der Waals surface area contributed by atoms with Crippen LogP contribution in [0.25, 0.3) is 0 Å². The zero-order valence-corrected chi connectivity index (χ0v) is 20.4. The molecule has 0 aromatic heterocycles. The quantitative estimate of drug-likeness (QED) is 0.272. The summed E-state index contributed by atoms with van der Waals surface area (Å²) in [5.74, 6) is -1.95. The van der Waals surface area contributed by atoms with Crippen LogP contribution >= 0.6 is 0 Å². The molecule has 0 aromatic rings. The van der Waals surface area contributed by atoms with Crippen molar-refractivity contribution in [3.8, 4) is 0 Å². The second kappa shape index (κ2) is 11.8. The predicted molar refractivity (Wildman–Crippen MR) is 116 cm³/mol. The normalized spacial score (nSPS) is 14.6. The van der Waals surface area contributed by atoms with Gasteiger partial charge in [-0.15, -0.1) is 0 Å². The molecule has 0 amide bonds. The number of carboxylic acid groups (broad SMARTS) is 2. The topological polar surface area (TPSA) is 83.8 Å². The SMILES string of the molecule is CCCCC(CC)CC(C(=O)O)=C(CCC[Si](C)(C)O[Si](C)(C)C)C(=O)O. The second-order valence-electron chi connectivity index (χ2n) is 9.02. The van der Waals surface area contributed by atoms with Crippen LogP contribution in [0.3, 0.4) is 0 Å². The molecule has 0 saturated carbocycles. The molecule has 2 N–H and O–H groups in total. The molecule has 0 fully saturated rings. The Hall–Kier alpha value is -0.926. The van der Waals surface area contributed by atoms with Gasteiger partial charge in [-0.3, -0.25) is 0 Å². The summed E-state index contributed by atoms with van der Waals surface area (Å²) >= 11 is 0. The van der Waals surface area contributed by atoms with Gasteiger partial charge >= 0.3 is 11.9 Å². The van der Waals surface area contributed by atoms with Crippen molar-refractivity contribution in [2.45, 2.75) is 97.6 Å². The van der Waals surface area contributed by atoms with Crippen molar-refractivity contribution < 1.29 is 23.9 Å². The van der Waals surface area contributed by atoms with E-state index in [9.17, 15) is 19.8 Å². The molecule has 0 rings (SSSR count). The number of carboxylic acids is 2. The summed E-state index contributed by atoms with van der Waals surface area (Å²) in [6.45, 7) is 15.0. The number of hydrogen-bond donors (Lipinski definition) is 2. The maximum Gasteiger partial charge on any atom is 0.332 e. The lowest BCUT2D eigenvalue weighted by atomic mass is 9.89. The first kappa shape index (κ1) is 26.1. The third-order valence-corrected chi connectivity index (χ3v) is 10.9. The number of carbonyl (C=O) groups is 2. The lowest BCUT2D eigenvalue weighted by molar-refractivity contribution is -0.136. The van der Waals surface area contributed by atoms with Gasteiger partial charge in [0, 0.05) is 11.1 Å². The van der Waals surface area contributed by atoms with Crippen LogP contribution in [0.15, 0.2) is 11.1 Å². The van der Waals surface area contributed by atoms with E-state index < -0.39 is 28.6 Å². The van der Waals surface area contributed by atoms with Gasteiger partial charge in [0.15, 0.2) is 16.6 Å². The monoisotopic (exact) mass is 416 g/mol. The van der Waals surface area contributed by atoms with E-state index >= 15 is 0 Å². The molecule has 158 valence electrons. The van der Waals surface area contributed by atoms with Gasteiger partial charge in [-0.05, 0) is 64.0 Å². The molecule has 0 radical (unpaired) electrons. The molecular weight excluding hydrogens is 376 g/mol. The molecule has 0 aromatic carbocycles. The molecule has 0 aliphatic carbocycles. The third-order valence-electron chi connectivity index (χ3n) is 4.70. The van der Waals surface area contributed by atoms with E-state index in [0.717, 1.165) is 31.7 Å². The van der Waals surface area contributed by atoms with Gasteiger partial charge in [-0.1, -0.05) is 39.5 Å². The summed E-state index contributed by atoms with van der Waals surface area (Å²) < 4.78 is 6.30. The van der Waals surface area contributed by atoms with Crippen LogP contribution in [0.2, 0.25) is 38.8 Å². The number of hydrogen-bond acceptors (Lipinski definition) is 3. The molecule has 0 saturated heterocycles. The fourth-order valence-corrected chi connectivity index (χ4v) is 11.6. The van der Waals surface area contributed by atoms with Crippen LogP contribution in [-0.2, 0) is 13.7 Å². The molecule has 0 aliphatic rings. The molecular formula is C20H40O5Si2. The highest BCUT2D eigenvalue weighted by Crippen LogP contribution is 2.27. The molecule has 27 heavy (non-hydrogen) atoms. The summed E-state index contributed by atoms with van der Waals surface area (Å²) in [6, 6.07) is 0.841. The van der Waals surface area contributed by atoms with Crippen molar-refractivity contribution in [2.75, 3.05) is 0 Å². The average molecular weight is 417 g/mol. The summed E-state index contributed by atoms with van der Waals surface area (Å²) in [5, 5.41) is 19.3. The predicted octanol–water partition coefficient (Wildman–Crippen LogP) is 5.90.